The average Bonchev–Trinajstić information content (AvgIpc) is 2.74. The molecule has 0 saturated carbocycles. The first-order chi connectivity index (χ1) is 11.5. The molecule has 2 aliphatic rings. The van der Waals surface area contributed by atoms with Gasteiger partial charge < -0.3 is 14.4 Å². The minimum absolute atomic E-state index is 0.207. The van der Waals surface area contributed by atoms with Gasteiger partial charge in [-0.1, -0.05) is 12.1 Å². The molecule has 2 aliphatic heterocycles. The third-order valence-electron chi connectivity index (χ3n) is 4.91. The van der Waals surface area contributed by atoms with Crippen LogP contribution < -0.4 is 0 Å². The zero-order valence-electron chi connectivity index (χ0n) is 14.3. The Morgan fingerprint density at radius 3 is 2.62 bits per heavy atom. The van der Waals surface area contributed by atoms with Crippen molar-refractivity contribution in [3.8, 4) is 0 Å². The van der Waals surface area contributed by atoms with Gasteiger partial charge in [0.15, 0.2) is 0 Å². The SMILES string of the molecule is COC(=O)c1ccc(CN2CCCC3(CC2)CN(C)C(=O)O3)cc1. The first kappa shape index (κ1) is 16.8. The fourth-order valence-electron chi connectivity index (χ4n) is 3.56. The number of hydrogen-bond acceptors (Lipinski definition) is 5. The van der Waals surface area contributed by atoms with Crippen molar-refractivity contribution in [3.63, 3.8) is 0 Å². The highest BCUT2D eigenvalue weighted by atomic mass is 16.6. The molecule has 1 unspecified atom stereocenters. The zero-order chi connectivity index (χ0) is 17.2. The molecule has 1 aromatic carbocycles. The number of nitrogens with zero attached hydrogens (tertiary/aromatic N) is 2. The molecule has 3 rings (SSSR count). The second-order valence-electron chi connectivity index (χ2n) is 6.73. The molecule has 0 N–H and O–H groups in total. The van der Waals surface area contributed by atoms with Crippen LogP contribution in [0.3, 0.4) is 0 Å². The normalized spacial score (nSPS) is 24.8. The maximum absolute atomic E-state index is 11.7. The molecule has 1 spiro atoms. The van der Waals surface area contributed by atoms with E-state index in [-0.39, 0.29) is 17.7 Å². The molecule has 2 heterocycles. The molecule has 130 valence electrons. The zero-order valence-corrected chi connectivity index (χ0v) is 14.3. The number of likely N-dealkylation sites (tertiary alicyclic amines) is 1. The number of methoxy groups -OCH3 is 1. The van der Waals surface area contributed by atoms with Crippen molar-refractivity contribution < 1.29 is 19.1 Å². The van der Waals surface area contributed by atoms with Crippen LogP contribution >= 0.6 is 0 Å². The van der Waals surface area contributed by atoms with Crippen LogP contribution in [-0.4, -0.2) is 61.3 Å². The minimum Gasteiger partial charge on any atom is -0.465 e. The number of carbonyl (C=O) groups is 2. The van der Waals surface area contributed by atoms with E-state index >= 15 is 0 Å². The molecule has 1 aromatic rings. The summed E-state index contributed by atoms with van der Waals surface area (Å²) >= 11 is 0. The number of rotatable bonds is 3. The maximum atomic E-state index is 11.7. The minimum atomic E-state index is -0.314. The second kappa shape index (κ2) is 6.81. The van der Waals surface area contributed by atoms with Gasteiger partial charge in [0, 0.05) is 26.6 Å². The molecule has 2 fully saturated rings. The lowest BCUT2D eigenvalue weighted by molar-refractivity contribution is 0.0442. The van der Waals surface area contributed by atoms with E-state index < -0.39 is 0 Å². The molecule has 6 heteroatoms. The third kappa shape index (κ3) is 3.53. The van der Waals surface area contributed by atoms with E-state index in [1.54, 1.807) is 24.1 Å². The van der Waals surface area contributed by atoms with Crippen LogP contribution in [0.25, 0.3) is 0 Å². The Labute approximate surface area is 142 Å². The summed E-state index contributed by atoms with van der Waals surface area (Å²) in [5.74, 6) is -0.314. The maximum Gasteiger partial charge on any atom is 0.410 e. The van der Waals surface area contributed by atoms with Crippen molar-refractivity contribution in [1.82, 2.24) is 9.80 Å². The summed E-state index contributed by atoms with van der Waals surface area (Å²) in [5.41, 5.74) is 1.42. The highest BCUT2D eigenvalue weighted by Crippen LogP contribution is 2.32. The van der Waals surface area contributed by atoms with Gasteiger partial charge in [0.25, 0.3) is 0 Å². The van der Waals surface area contributed by atoms with E-state index in [1.807, 2.05) is 12.1 Å². The first-order valence-corrected chi connectivity index (χ1v) is 8.35. The fourth-order valence-corrected chi connectivity index (χ4v) is 3.56. The van der Waals surface area contributed by atoms with Gasteiger partial charge in [-0.3, -0.25) is 4.90 Å². The van der Waals surface area contributed by atoms with Crippen molar-refractivity contribution in [3.05, 3.63) is 35.4 Å². The summed E-state index contributed by atoms with van der Waals surface area (Å²) < 4.78 is 10.4. The van der Waals surface area contributed by atoms with Crippen LogP contribution in [0.4, 0.5) is 4.79 Å². The molecule has 0 aliphatic carbocycles. The Kier molecular flexibility index (Phi) is 4.76. The summed E-state index contributed by atoms with van der Waals surface area (Å²) in [6, 6.07) is 7.54. The Morgan fingerprint density at radius 2 is 2.00 bits per heavy atom. The summed E-state index contributed by atoms with van der Waals surface area (Å²) in [7, 11) is 3.18. The molecule has 2 saturated heterocycles. The number of esters is 1. The van der Waals surface area contributed by atoms with Gasteiger partial charge in [-0.15, -0.1) is 0 Å². The lowest BCUT2D eigenvalue weighted by Crippen LogP contribution is -2.35. The molecule has 1 atom stereocenters. The quantitative estimate of drug-likeness (QED) is 0.795. The van der Waals surface area contributed by atoms with Crippen LogP contribution in [0.1, 0.15) is 35.2 Å². The number of amides is 1. The van der Waals surface area contributed by atoms with Gasteiger partial charge >= 0.3 is 12.1 Å². The van der Waals surface area contributed by atoms with Gasteiger partial charge in [0.2, 0.25) is 0 Å². The van der Waals surface area contributed by atoms with Crippen molar-refractivity contribution >= 4 is 12.1 Å². The number of carbonyl (C=O) groups excluding carboxylic acids is 2. The molecule has 1 amide bonds. The van der Waals surface area contributed by atoms with Crippen LogP contribution in [0.2, 0.25) is 0 Å². The van der Waals surface area contributed by atoms with E-state index in [0.29, 0.717) is 12.1 Å². The molecule has 0 bridgehead atoms. The highest BCUT2D eigenvalue weighted by molar-refractivity contribution is 5.89. The van der Waals surface area contributed by atoms with E-state index in [0.717, 1.165) is 38.9 Å². The molecular formula is C18H24N2O4. The highest BCUT2D eigenvalue weighted by Gasteiger charge is 2.44. The number of ether oxygens (including phenoxy) is 2. The van der Waals surface area contributed by atoms with E-state index in [1.165, 1.54) is 12.7 Å². The van der Waals surface area contributed by atoms with Crippen molar-refractivity contribution in [1.29, 1.82) is 0 Å². The number of hydrogen-bond donors (Lipinski definition) is 0. The monoisotopic (exact) mass is 332 g/mol. The Bertz CT molecular complexity index is 616. The Balaban J connectivity index is 1.59. The van der Waals surface area contributed by atoms with E-state index in [4.69, 9.17) is 9.47 Å². The van der Waals surface area contributed by atoms with Crippen molar-refractivity contribution in [2.24, 2.45) is 0 Å². The summed E-state index contributed by atoms with van der Waals surface area (Å²) in [4.78, 5) is 27.2. The predicted molar refractivity (Wildman–Crippen MR) is 88.8 cm³/mol. The van der Waals surface area contributed by atoms with Crippen LogP contribution in [0.15, 0.2) is 24.3 Å². The fraction of sp³-hybridized carbons (Fsp3) is 0.556. The smallest absolute Gasteiger partial charge is 0.410 e. The predicted octanol–water partition coefficient (Wildman–Crippen LogP) is 2.28. The largest absolute Gasteiger partial charge is 0.465 e. The summed E-state index contributed by atoms with van der Waals surface area (Å²) in [5, 5.41) is 0. The third-order valence-corrected chi connectivity index (χ3v) is 4.91. The van der Waals surface area contributed by atoms with Gasteiger partial charge in [-0.05, 0) is 37.1 Å². The lowest BCUT2D eigenvalue weighted by Gasteiger charge is -2.25. The summed E-state index contributed by atoms with van der Waals surface area (Å²) in [6.07, 6.45) is 2.59. The Hall–Kier alpha value is -2.08. The number of benzene rings is 1. The molecule has 24 heavy (non-hydrogen) atoms. The van der Waals surface area contributed by atoms with Gasteiger partial charge in [-0.2, -0.15) is 0 Å². The van der Waals surface area contributed by atoms with Crippen LogP contribution in [-0.2, 0) is 16.0 Å². The van der Waals surface area contributed by atoms with Crippen molar-refractivity contribution in [2.45, 2.75) is 31.4 Å². The molecule has 0 radical (unpaired) electrons. The first-order valence-electron chi connectivity index (χ1n) is 8.35. The van der Waals surface area contributed by atoms with E-state index in [9.17, 15) is 9.59 Å². The molecule has 0 aromatic heterocycles. The van der Waals surface area contributed by atoms with Crippen LogP contribution in [0.5, 0.6) is 0 Å². The summed E-state index contributed by atoms with van der Waals surface area (Å²) in [6.45, 7) is 3.41. The average molecular weight is 332 g/mol. The second-order valence-corrected chi connectivity index (χ2v) is 6.73. The topological polar surface area (TPSA) is 59.1 Å². The van der Waals surface area contributed by atoms with Gasteiger partial charge in [0.05, 0.1) is 19.2 Å². The Morgan fingerprint density at radius 1 is 1.25 bits per heavy atom. The van der Waals surface area contributed by atoms with Crippen LogP contribution in [0, 0.1) is 0 Å². The van der Waals surface area contributed by atoms with Crippen molar-refractivity contribution in [2.75, 3.05) is 33.8 Å². The van der Waals surface area contributed by atoms with Gasteiger partial charge in [0.1, 0.15) is 5.60 Å². The number of likely N-dealkylation sites (N-methyl/N-ethyl adjacent to an activating group) is 1. The lowest BCUT2D eigenvalue weighted by atomic mass is 9.95. The van der Waals surface area contributed by atoms with E-state index in [2.05, 4.69) is 4.90 Å². The molecule has 6 nitrogen and oxygen atoms in total. The van der Waals surface area contributed by atoms with Gasteiger partial charge in [-0.25, -0.2) is 9.59 Å². The molecular weight excluding hydrogens is 308 g/mol. The standard InChI is InChI=1S/C18H24N2O4/c1-19-13-18(24-17(19)22)8-3-10-20(11-9-18)12-14-4-6-15(7-5-14)16(21)23-2/h4-7H,3,8-13H2,1-2H3.